The summed E-state index contributed by atoms with van der Waals surface area (Å²) in [5.41, 5.74) is 3.71. The van der Waals surface area contributed by atoms with Crippen LogP contribution in [0.3, 0.4) is 0 Å². The molecule has 2 heterocycles. The molecule has 0 bridgehead atoms. The number of piperazine rings is 1. The molecule has 1 N–H and O–H groups in total. The molecule has 0 atom stereocenters. The Morgan fingerprint density at radius 2 is 2.00 bits per heavy atom. The largest absolute Gasteiger partial charge is 0.461 e. The zero-order valence-corrected chi connectivity index (χ0v) is 11.8. The van der Waals surface area contributed by atoms with Crippen molar-refractivity contribution in [3.8, 4) is 0 Å². The van der Waals surface area contributed by atoms with Gasteiger partial charge in [0, 0.05) is 38.1 Å². The summed E-state index contributed by atoms with van der Waals surface area (Å²) in [5.74, 6) is 1.05. The molecule has 2 aromatic rings. The maximum Gasteiger partial charge on any atom is 0.137 e. The van der Waals surface area contributed by atoms with Gasteiger partial charge in [0.05, 0.1) is 0 Å². The fraction of sp³-hybridized carbons (Fsp3) is 0.500. The van der Waals surface area contributed by atoms with E-state index in [1.165, 1.54) is 16.5 Å². The minimum atomic E-state index is 1.05. The SMILES string of the molecule is Cc1oc2c(CCN3CCNCC3)cccc2c1C. The second kappa shape index (κ2) is 5.35. The zero-order chi connectivity index (χ0) is 13.2. The van der Waals surface area contributed by atoms with E-state index in [0.717, 1.165) is 50.5 Å². The first-order valence-corrected chi connectivity index (χ1v) is 7.16. The van der Waals surface area contributed by atoms with Gasteiger partial charge in [-0.25, -0.2) is 0 Å². The second-order valence-electron chi connectivity index (χ2n) is 5.42. The van der Waals surface area contributed by atoms with Crippen molar-refractivity contribution in [3.63, 3.8) is 0 Å². The molecule has 0 unspecified atom stereocenters. The summed E-state index contributed by atoms with van der Waals surface area (Å²) >= 11 is 0. The van der Waals surface area contributed by atoms with Crippen LogP contribution >= 0.6 is 0 Å². The van der Waals surface area contributed by atoms with Crippen LogP contribution in [0.1, 0.15) is 16.9 Å². The average Bonchev–Trinajstić information content (AvgIpc) is 2.74. The van der Waals surface area contributed by atoms with Gasteiger partial charge >= 0.3 is 0 Å². The van der Waals surface area contributed by atoms with Crippen molar-refractivity contribution in [2.24, 2.45) is 0 Å². The number of nitrogens with zero attached hydrogens (tertiary/aromatic N) is 1. The molecule has 0 amide bonds. The van der Waals surface area contributed by atoms with Crippen molar-refractivity contribution in [1.82, 2.24) is 10.2 Å². The van der Waals surface area contributed by atoms with Crippen LogP contribution in [-0.4, -0.2) is 37.6 Å². The van der Waals surface area contributed by atoms with Gasteiger partial charge in [-0.3, -0.25) is 0 Å². The first-order chi connectivity index (χ1) is 9.25. The molecule has 3 heteroatoms. The van der Waals surface area contributed by atoms with Crippen LogP contribution in [0.4, 0.5) is 0 Å². The van der Waals surface area contributed by atoms with E-state index in [1.54, 1.807) is 0 Å². The Kier molecular flexibility index (Phi) is 3.58. The lowest BCUT2D eigenvalue weighted by molar-refractivity contribution is 0.244. The normalized spacial score (nSPS) is 17.2. The Bertz CT molecular complexity index is 567. The van der Waals surface area contributed by atoms with Crippen LogP contribution in [0, 0.1) is 13.8 Å². The van der Waals surface area contributed by atoms with Gasteiger partial charge in [0.1, 0.15) is 11.3 Å². The highest BCUT2D eigenvalue weighted by molar-refractivity contribution is 5.84. The van der Waals surface area contributed by atoms with Crippen LogP contribution in [0.5, 0.6) is 0 Å². The van der Waals surface area contributed by atoms with E-state index in [1.807, 2.05) is 0 Å². The molecule has 1 aromatic heterocycles. The van der Waals surface area contributed by atoms with E-state index >= 15 is 0 Å². The molecule has 3 rings (SSSR count). The van der Waals surface area contributed by atoms with Crippen molar-refractivity contribution in [2.45, 2.75) is 20.3 Å². The first kappa shape index (κ1) is 12.7. The number of furan rings is 1. The highest BCUT2D eigenvalue weighted by atomic mass is 16.3. The number of fused-ring (bicyclic) bond motifs is 1. The van der Waals surface area contributed by atoms with Crippen LogP contribution < -0.4 is 5.32 Å². The van der Waals surface area contributed by atoms with E-state index in [0.29, 0.717) is 0 Å². The first-order valence-electron chi connectivity index (χ1n) is 7.16. The summed E-state index contributed by atoms with van der Waals surface area (Å²) in [4.78, 5) is 2.53. The number of hydrogen-bond donors (Lipinski definition) is 1. The topological polar surface area (TPSA) is 28.4 Å². The molecule has 0 aliphatic carbocycles. The lowest BCUT2D eigenvalue weighted by Crippen LogP contribution is -2.44. The summed E-state index contributed by atoms with van der Waals surface area (Å²) in [6, 6.07) is 6.51. The Morgan fingerprint density at radius 3 is 2.79 bits per heavy atom. The van der Waals surface area contributed by atoms with Crippen LogP contribution in [0.15, 0.2) is 22.6 Å². The van der Waals surface area contributed by atoms with E-state index in [9.17, 15) is 0 Å². The monoisotopic (exact) mass is 258 g/mol. The van der Waals surface area contributed by atoms with Gasteiger partial charge in [-0.2, -0.15) is 0 Å². The fourth-order valence-electron chi connectivity index (χ4n) is 2.83. The minimum absolute atomic E-state index is 1.05. The van der Waals surface area contributed by atoms with Gasteiger partial charge in [0.2, 0.25) is 0 Å². The molecule has 1 fully saturated rings. The smallest absolute Gasteiger partial charge is 0.137 e. The minimum Gasteiger partial charge on any atom is -0.461 e. The van der Waals surface area contributed by atoms with E-state index < -0.39 is 0 Å². The molecule has 102 valence electrons. The Balaban J connectivity index is 1.78. The second-order valence-corrected chi connectivity index (χ2v) is 5.42. The molecule has 0 radical (unpaired) electrons. The number of para-hydroxylation sites is 1. The lowest BCUT2D eigenvalue weighted by Gasteiger charge is -2.27. The standard InChI is InChI=1S/C16H22N2O/c1-12-13(2)19-16-14(4-3-5-15(12)16)6-9-18-10-7-17-8-11-18/h3-5,17H,6-11H2,1-2H3. The van der Waals surface area contributed by atoms with Crippen molar-refractivity contribution >= 4 is 11.0 Å². The maximum atomic E-state index is 5.94. The third kappa shape index (κ3) is 2.53. The highest BCUT2D eigenvalue weighted by Gasteiger charge is 2.13. The van der Waals surface area contributed by atoms with Crippen molar-refractivity contribution < 1.29 is 4.42 Å². The third-order valence-corrected chi connectivity index (χ3v) is 4.19. The van der Waals surface area contributed by atoms with Crippen molar-refractivity contribution in [3.05, 3.63) is 35.1 Å². The Labute approximate surface area is 114 Å². The van der Waals surface area contributed by atoms with Gasteiger partial charge < -0.3 is 14.6 Å². The molecule has 1 saturated heterocycles. The van der Waals surface area contributed by atoms with Crippen LogP contribution in [-0.2, 0) is 6.42 Å². The predicted octanol–water partition coefficient (Wildman–Crippen LogP) is 2.50. The summed E-state index contributed by atoms with van der Waals surface area (Å²) in [7, 11) is 0. The molecule has 1 aromatic carbocycles. The average molecular weight is 258 g/mol. The number of rotatable bonds is 3. The van der Waals surface area contributed by atoms with E-state index in [2.05, 4.69) is 42.3 Å². The van der Waals surface area contributed by atoms with Gasteiger partial charge in [-0.05, 0) is 31.4 Å². The predicted molar refractivity (Wildman–Crippen MR) is 78.7 cm³/mol. The molecular weight excluding hydrogens is 236 g/mol. The molecule has 3 nitrogen and oxygen atoms in total. The summed E-state index contributed by atoms with van der Waals surface area (Å²) < 4.78 is 5.94. The summed E-state index contributed by atoms with van der Waals surface area (Å²) in [6.07, 6.45) is 1.07. The van der Waals surface area contributed by atoms with Crippen LogP contribution in [0.25, 0.3) is 11.0 Å². The maximum absolute atomic E-state index is 5.94. The quantitative estimate of drug-likeness (QED) is 0.917. The van der Waals surface area contributed by atoms with Crippen LogP contribution in [0.2, 0.25) is 0 Å². The number of nitrogens with one attached hydrogen (secondary N) is 1. The highest BCUT2D eigenvalue weighted by Crippen LogP contribution is 2.27. The number of benzene rings is 1. The molecule has 0 spiro atoms. The van der Waals surface area contributed by atoms with Gasteiger partial charge in [-0.15, -0.1) is 0 Å². The fourth-order valence-corrected chi connectivity index (χ4v) is 2.83. The number of hydrogen-bond acceptors (Lipinski definition) is 3. The van der Waals surface area contributed by atoms with Gasteiger partial charge in [0.25, 0.3) is 0 Å². The summed E-state index contributed by atoms with van der Waals surface area (Å²) in [6.45, 7) is 9.86. The Morgan fingerprint density at radius 1 is 1.21 bits per heavy atom. The Hall–Kier alpha value is -1.32. The molecular formula is C16H22N2O. The molecule has 0 saturated carbocycles. The summed E-state index contributed by atoms with van der Waals surface area (Å²) in [5, 5.41) is 4.67. The van der Waals surface area contributed by atoms with Crippen molar-refractivity contribution in [1.29, 1.82) is 0 Å². The molecule has 1 aliphatic rings. The van der Waals surface area contributed by atoms with E-state index in [-0.39, 0.29) is 0 Å². The lowest BCUT2D eigenvalue weighted by atomic mass is 10.1. The van der Waals surface area contributed by atoms with E-state index in [4.69, 9.17) is 4.42 Å². The van der Waals surface area contributed by atoms with Gasteiger partial charge in [-0.1, -0.05) is 18.2 Å². The zero-order valence-electron chi connectivity index (χ0n) is 11.8. The van der Waals surface area contributed by atoms with Crippen molar-refractivity contribution in [2.75, 3.05) is 32.7 Å². The third-order valence-electron chi connectivity index (χ3n) is 4.19. The van der Waals surface area contributed by atoms with Gasteiger partial charge in [0.15, 0.2) is 0 Å². The number of aryl methyl sites for hydroxylation is 2. The molecule has 19 heavy (non-hydrogen) atoms. The molecule has 1 aliphatic heterocycles.